The van der Waals surface area contributed by atoms with Gasteiger partial charge in [0.1, 0.15) is 5.75 Å². The minimum absolute atomic E-state index is 0.198. The molecule has 14 heteroatoms. The van der Waals surface area contributed by atoms with Crippen LogP contribution in [0.3, 0.4) is 0 Å². The molecule has 11 nitrogen and oxygen atoms in total. The average molecular weight is 548 g/mol. The number of pyridine rings is 1. The number of anilines is 1. The smallest absolute Gasteiger partial charge is 0.406 e. The zero-order valence-electron chi connectivity index (χ0n) is 21.4. The Morgan fingerprint density at radius 1 is 1.13 bits per heavy atom. The molecule has 2 amide bonds. The minimum atomic E-state index is -4.83. The molecule has 0 bridgehead atoms. The van der Waals surface area contributed by atoms with E-state index >= 15 is 0 Å². The zero-order valence-corrected chi connectivity index (χ0v) is 21.4. The highest BCUT2D eigenvalue weighted by Crippen LogP contribution is 2.23. The number of nitrogens with zero attached hydrogens (tertiary/aromatic N) is 5. The normalized spacial score (nSPS) is 11.8. The number of hydrogen-bond donors (Lipinski definition) is 2. The number of unbranched alkanes of at least 4 members (excludes halogenated alkanes) is 1. The van der Waals surface area contributed by atoms with Crippen LogP contribution < -0.4 is 20.9 Å². The Balaban J connectivity index is 1.44. The Kier molecular flexibility index (Phi) is 9.95. The maximum Gasteiger partial charge on any atom is 0.573 e. The second kappa shape index (κ2) is 13.3. The van der Waals surface area contributed by atoms with Crippen molar-refractivity contribution in [2.24, 2.45) is 4.99 Å². The van der Waals surface area contributed by atoms with Gasteiger partial charge in [0.25, 0.3) is 11.5 Å². The van der Waals surface area contributed by atoms with Crippen LogP contribution in [0.25, 0.3) is 0 Å². The lowest BCUT2D eigenvalue weighted by Gasteiger charge is -2.11. The third-order valence-corrected chi connectivity index (χ3v) is 5.47. The maximum atomic E-state index is 12.4. The summed E-state index contributed by atoms with van der Waals surface area (Å²) in [5, 5.41) is 13.1. The topological polar surface area (TPSA) is 132 Å². The number of aliphatic imine (C=N–C) groups is 1. The lowest BCUT2D eigenvalue weighted by atomic mass is 10.1. The molecule has 2 aromatic heterocycles. The zero-order chi connectivity index (χ0) is 28.4. The van der Waals surface area contributed by atoms with Crippen LogP contribution in [-0.2, 0) is 24.3 Å². The van der Waals surface area contributed by atoms with Crippen molar-refractivity contribution in [1.82, 2.24) is 24.9 Å². The highest BCUT2D eigenvalue weighted by molar-refractivity contribution is 5.95. The first-order valence-corrected chi connectivity index (χ1v) is 12.0. The van der Waals surface area contributed by atoms with Crippen LogP contribution >= 0.6 is 0 Å². The number of hydrogen-bond acceptors (Lipinski definition) is 7. The van der Waals surface area contributed by atoms with E-state index in [9.17, 15) is 27.6 Å². The molecule has 3 aromatic rings. The predicted octanol–water partition coefficient (Wildman–Crippen LogP) is 2.82. The number of benzene rings is 1. The van der Waals surface area contributed by atoms with Crippen LogP contribution in [0, 0.1) is 0 Å². The number of ether oxygens (including phenoxy) is 1. The summed E-state index contributed by atoms with van der Waals surface area (Å²) in [6.45, 7) is 3.06. The molecule has 0 aliphatic rings. The van der Waals surface area contributed by atoms with E-state index in [1.165, 1.54) is 22.8 Å². The Morgan fingerprint density at radius 3 is 2.62 bits per heavy atom. The van der Waals surface area contributed by atoms with Gasteiger partial charge in [0.2, 0.25) is 5.91 Å². The van der Waals surface area contributed by atoms with E-state index in [1.54, 1.807) is 37.1 Å². The Labute approximate surface area is 221 Å². The molecule has 3 rings (SSSR count). The van der Waals surface area contributed by atoms with Crippen molar-refractivity contribution in [2.45, 2.75) is 45.6 Å². The van der Waals surface area contributed by atoms with Crippen molar-refractivity contribution in [3.8, 4) is 5.75 Å². The molecule has 0 fully saturated rings. The fraction of sp³-hybridized carbons (Fsp3) is 0.360. The number of aromatic nitrogens is 4. The fourth-order valence-corrected chi connectivity index (χ4v) is 3.46. The molecule has 0 unspecified atom stereocenters. The molecule has 0 spiro atoms. The van der Waals surface area contributed by atoms with Gasteiger partial charge in [-0.1, -0.05) is 17.3 Å². The molecular weight excluding hydrogens is 519 g/mol. The lowest BCUT2D eigenvalue weighted by Crippen LogP contribution is -2.28. The average Bonchev–Trinajstić information content (AvgIpc) is 3.34. The van der Waals surface area contributed by atoms with Gasteiger partial charge in [0.05, 0.1) is 19.2 Å². The van der Waals surface area contributed by atoms with Crippen LogP contribution in [-0.4, -0.2) is 57.0 Å². The predicted molar refractivity (Wildman–Crippen MR) is 137 cm³/mol. The van der Waals surface area contributed by atoms with Crippen molar-refractivity contribution in [1.29, 1.82) is 0 Å². The molecular formula is C25H28F3N7O4. The van der Waals surface area contributed by atoms with Gasteiger partial charge in [-0.3, -0.25) is 24.1 Å². The van der Waals surface area contributed by atoms with Crippen LogP contribution in [0.15, 0.2) is 58.6 Å². The van der Waals surface area contributed by atoms with Gasteiger partial charge in [-0.2, -0.15) is 0 Å². The monoisotopic (exact) mass is 547 g/mol. The van der Waals surface area contributed by atoms with Crippen molar-refractivity contribution >= 4 is 23.2 Å². The van der Waals surface area contributed by atoms with Gasteiger partial charge < -0.3 is 19.9 Å². The van der Waals surface area contributed by atoms with Gasteiger partial charge in [-0.15, -0.1) is 18.3 Å². The molecule has 0 atom stereocenters. The van der Waals surface area contributed by atoms with Crippen molar-refractivity contribution in [3.05, 3.63) is 70.4 Å². The maximum absolute atomic E-state index is 12.4. The van der Waals surface area contributed by atoms with Crippen LogP contribution in [0.1, 0.15) is 35.8 Å². The molecule has 2 N–H and O–H groups in total. The minimum Gasteiger partial charge on any atom is -0.406 e. The number of rotatable bonds is 12. The molecule has 0 saturated carbocycles. The summed E-state index contributed by atoms with van der Waals surface area (Å²) in [4.78, 5) is 40.8. The van der Waals surface area contributed by atoms with Crippen LogP contribution in [0.5, 0.6) is 5.75 Å². The number of carbonyl (C=O) groups excluding carboxylic acids is 2. The van der Waals surface area contributed by atoms with E-state index < -0.39 is 18.0 Å². The van der Waals surface area contributed by atoms with E-state index in [2.05, 4.69) is 30.7 Å². The quantitative estimate of drug-likeness (QED) is 0.265. The number of amides is 2. The molecule has 0 radical (unpaired) electrons. The summed E-state index contributed by atoms with van der Waals surface area (Å²) >= 11 is 0. The van der Waals surface area contributed by atoms with E-state index in [1.807, 2.05) is 0 Å². The Bertz CT molecular complexity index is 1380. The summed E-state index contributed by atoms with van der Waals surface area (Å²) in [6.07, 6.45) is -0.599. The molecule has 0 aliphatic heterocycles. The highest BCUT2D eigenvalue weighted by atomic mass is 19.4. The standard InChI is InChI=1S/C25H28F3N7O4/c1-17(29-2)15-30-24(38)21-16-35(33-32-21)10-4-3-9-34-11-8-19(14-23(34)37)31-22(36)13-18-6-5-7-20(12-18)39-25(26,27)28/h5-8,11-12,14,16H,3-4,9-10,13,15H2,1-2H3,(H,30,38)(H,31,36). The van der Waals surface area contributed by atoms with E-state index in [0.29, 0.717) is 38.0 Å². The molecule has 0 saturated heterocycles. The molecule has 0 aliphatic carbocycles. The third kappa shape index (κ3) is 9.72. The largest absolute Gasteiger partial charge is 0.573 e. The summed E-state index contributed by atoms with van der Waals surface area (Å²) in [5.41, 5.74) is 1.26. The van der Waals surface area contributed by atoms with Crippen molar-refractivity contribution in [2.75, 3.05) is 18.9 Å². The first kappa shape index (κ1) is 29.1. The number of halogens is 3. The van der Waals surface area contributed by atoms with Gasteiger partial charge in [-0.05, 0) is 43.5 Å². The number of aryl methyl sites for hydroxylation is 2. The van der Waals surface area contributed by atoms with Crippen LogP contribution in [0.2, 0.25) is 0 Å². The lowest BCUT2D eigenvalue weighted by molar-refractivity contribution is -0.274. The summed E-state index contributed by atoms with van der Waals surface area (Å²) in [6, 6.07) is 7.96. The SMILES string of the molecule is CN=C(C)CNC(=O)c1cn(CCCCn2ccc(NC(=O)Cc3cccc(OC(F)(F)F)c3)cc2=O)nn1. The van der Waals surface area contributed by atoms with Crippen LogP contribution in [0.4, 0.5) is 18.9 Å². The molecule has 2 heterocycles. The third-order valence-electron chi connectivity index (χ3n) is 5.47. The first-order chi connectivity index (χ1) is 18.5. The van der Waals surface area contributed by atoms with E-state index in [4.69, 9.17) is 0 Å². The summed E-state index contributed by atoms with van der Waals surface area (Å²) in [7, 11) is 1.64. The number of nitrogens with one attached hydrogen (secondary N) is 2. The second-order valence-corrected chi connectivity index (χ2v) is 8.58. The Morgan fingerprint density at radius 2 is 1.90 bits per heavy atom. The van der Waals surface area contributed by atoms with E-state index in [-0.39, 0.29) is 29.3 Å². The second-order valence-electron chi connectivity index (χ2n) is 8.58. The molecule has 1 aromatic carbocycles. The highest BCUT2D eigenvalue weighted by Gasteiger charge is 2.31. The van der Waals surface area contributed by atoms with Gasteiger partial charge in [0, 0.05) is 43.8 Å². The summed E-state index contributed by atoms with van der Waals surface area (Å²) in [5.74, 6) is -1.25. The summed E-state index contributed by atoms with van der Waals surface area (Å²) < 4.78 is 44.1. The van der Waals surface area contributed by atoms with Crippen molar-refractivity contribution < 1.29 is 27.5 Å². The first-order valence-electron chi connectivity index (χ1n) is 12.0. The van der Waals surface area contributed by atoms with Gasteiger partial charge in [0.15, 0.2) is 5.69 Å². The molecule has 39 heavy (non-hydrogen) atoms. The van der Waals surface area contributed by atoms with Gasteiger partial charge >= 0.3 is 6.36 Å². The van der Waals surface area contributed by atoms with Gasteiger partial charge in [-0.25, -0.2) is 0 Å². The molecule has 208 valence electrons. The fourth-order valence-electron chi connectivity index (χ4n) is 3.46. The van der Waals surface area contributed by atoms with E-state index in [0.717, 1.165) is 17.8 Å². The van der Waals surface area contributed by atoms with Crippen molar-refractivity contribution in [3.63, 3.8) is 0 Å². The number of carbonyl (C=O) groups is 2. The number of alkyl halides is 3. The Hall–Kier alpha value is -4.49.